The molecule has 3 aliphatic rings. The van der Waals surface area contributed by atoms with Crippen molar-refractivity contribution in [1.82, 2.24) is 4.90 Å². The van der Waals surface area contributed by atoms with Gasteiger partial charge in [-0.2, -0.15) is 0 Å². The van der Waals surface area contributed by atoms with Crippen molar-refractivity contribution in [2.45, 2.75) is 51.8 Å². The predicted octanol–water partition coefficient (Wildman–Crippen LogP) is 2.93. The van der Waals surface area contributed by atoms with Crippen LogP contribution in [0.25, 0.3) is 0 Å². The minimum Gasteiger partial charge on any atom is -0.393 e. The molecule has 0 radical (unpaired) electrons. The molecular weight excluding hydrogens is 363 g/mol. The SMILES string of the molecule is CC(C)ON=C1C(Cl)=C(C=O)C=C(N2C(=O)C3=C(CCCC3)C2=O)C1F. The van der Waals surface area contributed by atoms with Gasteiger partial charge in [-0.05, 0) is 45.6 Å². The average molecular weight is 381 g/mol. The molecule has 0 saturated heterocycles. The molecule has 2 aliphatic carbocycles. The maximum absolute atomic E-state index is 15.1. The Morgan fingerprint density at radius 2 is 1.85 bits per heavy atom. The molecular formula is C18H18ClFN2O4. The first-order valence-corrected chi connectivity index (χ1v) is 8.80. The fraction of sp³-hybridized carbons (Fsp3) is 0.444. The summed E-state index contributed by atoms with van der Waals surface area (Å²) in [6.07, 6.45) is 1.87. The molecule has 1 heterocycles. The molecule has 8 heteroatoms. The Labute approximate surface area is 155 Å². The first kappa shape index (κ1) is 18.5. The molecule has 2 amide bonds. The van der Waals surface area contributed by atoms with Crippen LogP contribution in [0.2, 0.25) is 0 Å². The van der Waals surface area contributed by atoms with Crippen LogP contribution in [0.15, 0.2) is 38.7 Å². The molecule has 3 rings (SSSR count). The zero-order valence-electron chi connectivity index (χ0n) is 14.4. The number of oxime groups is 1. The number of hydrogen-bond acceptors (Lipinski definition) is 5. The number of rotatable bonds is 4. The Morgan fingerprint density at radius 3 is 2.35 bits per heavy atom. The van der Waals surface area contributed by atoms with Gasteiger partial charge in [0, 0.05) is 16.7 Å². The van der Waals surface area contributed by atoms with Crippen LogP contribution in [0, 0.1) is 0 Å². The number of carbonyl (C=O) groups is 3. The third kappa shape index (κ3) is 3.00. The van der Waals surface area contributed by atoms with E-state index in [2.05, 4.69) is 5.16 Å². The third-order valence-electron chi connectivity index (χ3n) is 4.42. The number of aldehydes is 1. The van der Waals surface area contributed by atoms with Gasteiger partial charge >= 0.3 is 0 Å². The van der Waals surface area contributed by atoms with Gasteiger partial charge in [-0.1, -0.05) is 16.8 Å². The summed E-state index contributed by atoms with van der Waals surface area (Å²) < 4.78 is 15.1. The second-order valence-electron chi connectivity index (χ2n) is 6.56. The molecule has 1 aliphatic heterocycles. The Balaban J connectivity index is 2.02. The summed E-state index contributed by atoms with van der Waals surface area (Å²) in [5.41, 5.74) is 0.212. The molecule has 0 spiro atoms. The number of hydrogen-bond donors (Lipinski definition) is 0. The summed E-state index contributed by atoms with van der Waals surface area (Å²) in [4.78, 5) is 42.5. The van der Waals surface area contributed by atoms with Crippen LogP contribution in [-0.2, 0) is 19.2 Å². The summed E-state index contributed by atoms with van der Waals surface area (Å²) >= 11 is 6.05. The van der Waals surface area contributed by atoms with Crippen molar-refractivity contribution in [3.05, 3.63) is 33.5 Å². The summed E-state index contributed by atoms with van der Waals surface area (Å²) in [6.45, 7) is 3.39. The van der Waals surface area contributed by atoms with Crippen LogP contribution < -0.4 is 0 Å². The van der Waals surface area contributed by atoms with Crippen LogP contribution in [0.3, 0.4) is 0 Å². The molecule has 0 saturated carbocycles. The minimum atomic E-state index is -1.96. The Morgan fingerprint density at radius 1 is 1.27 bits per heavy atom. The van der Waals surface area contributed by atoms with Crippen molar-refractivity contribution in [3.8, 4) is 0 Å². The lowest BCUT2D eigenvalue weighted by atomic mass is 9.93. The molecule has 138 valence electrons. The fourth-order valence-corrected chi connectivity index (χ4v) is 3.41. The van der Waals surface area contributed by atoms with Crippen LogP contribution in [-0.4, -0.2) is 41.0 Å². The van der Waals surface area contributed by atoms with Gasteiger partial charge < -0.3 is 4.84 Å². The Bertz CT molecular complexity index is 782. The molecule has 0 aromatic rings. The van der Waals surface area contributed by atoms with E-state index >= 15 is 4.39 Å². The molecule has 0 aromatic carbocycles. The zero-order valence-corrected chi connectivity index (χ0v) is 15.2. The van der Waals surface area contributed by atoms with Crippen molar-refractivity contribution in [2.75, 3.05) is 0 Å². The fourth-order valence-electron chi connectivity index (χ4n) is 3.18. The quantitative estimate of drug-likeness (QED) is 0.427. The van der Waals surface area contributed by atoms with E-state index in [1.807, 2.05) is 0 Å². The molecule has 0 N–H and O–H groups in total. The van der Waals surface area contributed by atoms with Crippen molar-refractivity contribution < 1.29 is 23.6 Å². The Kier molecular flexibility index (Phi) is 5.09. The molecule has 6 nitrogen and oxygen atoms in total. The van der Waals surface area contributed by atoms with Crippen LogP contribution in [0.1, 0.15) is 39.5 Å². The highest BCUT2D eigenvalue weighted by Crippen LogP contribution is 2.38. The summed E-state index contributed by atoms with van der Waals surface area (Å²) in [6, 6.07) is 0. The lowest BCUT2D eigenvalue weighted by Crippen LogP contribution is -2.39. The van der Waals surface area contributed by atoms with E-state index in [1.54, 1.807) is 13.8 Å². The summed E-state index contributed by atoms with van der Waals surface area (Å²) in [5.74, 6) is -1.07. The molecule has 26 heavy (non-hydrogen) atoms. The van der Waals surface area contributed by atoms with Gasteiger partial charge in [-0.25, -0.2) is 9.29 Å². The van der Waals surface area contributed by atoms with Gasteiger partial charge in [-0.15, -0.1) is 0 Å². The molecule has 1 unspecified atom stereocenters. The number of imide groups is 1. The molecule has 0 aromatic heterocycles. The number of allylic oxidation sites excluding steroid dienone is 4. The van der Waals surface area contributed by atoms with Gasteiger partial charge in [0.25, 0.3) is 11.8 Å². The van der Waals surface area contributed by atoms with E-state index in [9.17, 15) is 14.4 Å². The largest absolute Gasteiger partial charge is 0.393 e. The number of carbonyl (C=O) groups excluding carboxylic acids is 3. The number of nitrogens with zero attached hydrogens (tertiary/aromatic N) is 2. The van der Waals surface area contributed by atoms with Gasteiger partial charge in [0.2, 0.25) is 0 Å². The number of halogens is 2. The van der Waals surface area contributed by atoms with E-state index in [1.165, 1.54) is 0 Å². The predicted molar refractivity (Wildman–Crippen MR) is 92.9 cm³/mol. The zero-order chi connectivity index (χ0) is 19.0. The maximum Gasteiger partial charge on any atom is 0.261 e. The third-order valence-corrected chi connectivity index (χ3v) is 4.83. The van der Waals surface area contributed by atoms with Crippen molar-refractivity contribution in [2.24, 2.45) is 5.16 Å². The van der Waals surface area contributed by atoms with E-state index in [-0.39, 0.29) is 28.1 Å². The average Bonchev–Trinajstić information content (AvgIpc) is 2.87. The molecule has 1 atom stereocenters. The lowest BCUT2D eigenvalue weighted by molar-refractivity contribution is -0.135. The smallest absolute Gasteiger partial charge is 0.261 e. The van der Waals surface area contributed by atoms with Gasteiger partial charge in [0.1, 0.15) is 11.8 Å². The van der Waals surface area contributed by atoms with Gasteiger partial charge in [0.15, 0.2) is 12.5 Å². The van der Waals surface area contributed by atoms with Gasteiger partial charge in [-0.3, -0.25) is 14.4 Å². The van der Waals surface area contributed by atoms with E-state index in [4.69, 9.17) is 16.4 Å². The highest BCUT2D eigenvalue weighted by Gasteiger charge is 2.45. The van der Waals surface area contributed by atoms with Crippen LogP contribution in [0.5, 0.6) is 0 Å². The lowest BCUT2D eigenvalue weighted by Gasteiger charge is -2.26. The topological polar surface area (TPSA) is 76.0 Å². The Hall–Kier alpha value is -2.28. The van der Waals surface area contributed by atoms with Crippen molar-refractivity contribution >= 4 is 35.4 Å². The van der Waals surface area contributed by atoms with Crippen LogP contribution >= 0.6 is 11.6 Å². The van der Waals surface area contributed by atoms with E-state index in [0.717, 1.165) is 23.8 Å². The summed E-state index contributed by atoms with van der Waals surface area (Å²) in [5, 5.41) is 3.49. The minimum absolute atomic E-state index is 0.0628. The monoisotopic (exact) mass is 380 g/mol. The second kappa shape index (κ2) is 7.15. The second-order valence-corrected chi connectivity index (χ2v) is 6.94. The van der Waals surface area contributed by atoms with Gasteiger partial charge in [0.05, 0.1) is 10.7 Å². The van der Waals surface area contributed by atoms with Crippen molar-refractivity contribution in [1.29, 1.82) is 0 Å². The summed E-state index contributed by atoms with van der Waals surface area (Å²) in [7, 11) is 0. The van der Waals surface area contributed by atoms with E-state index in [0.29, 0.717) is 30.3 Å². The number of amides is 2. The first-order valence-electron chi connectivity index (χ1n) is 8.42. The standard InChI is InChI=1S/C18H18ClFN2O4/c1-9(2)26-21-16-14(19)10(8-23)7-13(15(16)20)22-17(24)11-5-3-4-6-12(11)18(22)25/h7-9,15H,3-6H2,1-2H3. The maximum atomic E-state index is 15.1. The molecule has 0 bridgehead atoms. The molecule has 0 fully saturated rings. The van der Waals surface area contributed by atoms with E-state index < -0.39 is 18.0 Å². The van der Waals surface area contributed by atoms with Crippen LogP contribution in [0.4, 0.5) is 4.39 Å². The normalized spacial score (nSPS) is 25.3. The highest BCUT2D eigenvalue weighted by molar-refractivity contribution is 6.46. The number of alkyl halides is 1. The highest BCUT2D eigenvalue weighted by atomic mass is 35.5. The van der Waals surface area contributed by atoms with Crippen molar-refractivity contribution in [3.63, 3.8) is 0 Å². The first-order chi connectivity index (χ1) is 12.4.